The molecule has 0 aliphatic heterocycles. The second-order valence-corrected chi connectivity index (χ2v) is 4.96. The number of methoxy groups -OCH3 is 1. The van der Waals surface area contributed by atoms with Gasteiger partial charge < -0.3 is 9.84 Å². The zero-order chi connectivity index (χ0) is 15.2. The molecule has 0 aromatic heterocycles. The zero-order valence-electron chi connectivity index (χ0n) is 12.3. The molecule has 110 valence electrons. The Balaban J connectivity index is 2.21. The van der Waals surface area contributed by atoms with Gasteiger partial charge >= 0.3 is 0 Å². The average Bonchev–Trinajstić information content (AvgIpc) is 2.56. The topological polar surface area (TPSA) is 46.5 Å². The third-order valence-corrected chi connectivity index (χ3v) is 3.67. The summed E-state index contributed by atoms with van der Waals surface area (Å²) in [4.78, 5) is 12.5. The highest BCUT2D eigenvalue weighted by Crippen LogP contribution is 2.29. The number of aliphatic hydroxyl groups excluding tert-OH is 1. The van der Waals surface area contributed by atoms with Crippen molar-refractivity contribution in [2.45, 2.75) is 19.4 Å². The number of carbonyl (C=O) groups excluding carboxylic acids is 1. The number of benzene rings is 2. The van der Waals surface area contributed by atoms with Crippen LogP contribution < -0.4 is 4.74 Å². The molecule has 3 nitrogen and oxygen atoms in total. The van der Waals surface area contributed by atoms with Crippen LogP contribution in [0.15, 0.2) is 54.6 Å². The van der Waals surface area contributed by atoms with Gasteiger partial charge in [-0.25, -0.2) is 0 Å². The summed E-state index contributed by atoms with van der Waals surface area (Å²) in [6, 6.07) is 16.3. The molecular weight excluding hydrogens is 264 g/mol. The van der Waals surface area contributed by atoms with Gasteiger partial charge in [-0.15, -0.1) is 0 Å². The number of hydrogen-bond donors (Lipinski definition) is 1. The summed E-state index contributed by atoms with van der Waals surface area (Å²) in [7, 11) is 1.60. The molecule has 2 atom stereocenters. The van der Waals surface area contributed by atoms with Gasteiger partial charge in [-0.1, -0.05) is 49.4 Å². The molecule has 0 spiro atoms. The predicted octanol–water partition coefficient (Wildman–Crippen LogP) is 3.64. The number of ether oxygens (including phenoxy) is 1. The minimum Gasteiger partial charge on any atom is -0.497 e. The molecule has 0 aliphatic rings. The first kappa shape index (κ1) is 15.3. The Labute approximate surface area is 125 Å². The highest BCUT2D eigenvalue weighted by Gasteiger charge is 2.27. The molecule has 1 N–H and O–H groups in total. The molecule has 2 aromatic rings. The van der Waals surface area contributed by atoms with Crippen molar-refractivity contribution in [3.8, 4) is 5.75 Å². The highest BCUT2D eigenvalue weighted by atomic mass is 16.5. The van der Waals surface area contributed by atoms with Crippen molar-refractivity contribution in [1.29, 1.82) is 0 Å². The summed E-state index contributed by atoms with van der Waals surface area (Å²) in [5.41, 5.74) is 1.36. The molecule has 0 saturated carbocycles. The molecule has 21 heavy (non-hydrogen) atoms. The van der Waals surface area contributed by atoms with Gasteiger partial charge in [-0.2, -0.15) is 0 Å². The molecular formula is C18H20O3. The SMILES string of the molecule is CC[C@@H](C(=O)c1ccccc1)[C@@H](O)c1ccc(OC)cc1. The Morgan fingerprint density at radius 3 is 2.24 bits per heavy atom. The fourth-order valence-corrected chi connectivity index (χ4v) is 2.40. The van der Waals surface area contributed by atoms with Crippen LogP contribution in [-0.2, 0) is 0 Å². The quantitative estimate of drug-likeness (QED) is 0.824. The lowest BCUT2D eigenvalue weighted by molar-refractivity contribution is 0.0667. The lowest BCUT2D eigenvalue weighted by Gasteiger charge is -2.21. The molecule has 3 heteroatoms. The summed E-state index contributed by atoms with van der Waals surface area (Å²) >= 11 is 0. The molecule has 0 aliphatic carbocycles. The van der Waals surface area contributed by atoms with Crippen LogP contribution in [0.5, 0.6) is 5.75 Å². The van der Waals surface area contributed by atoms with E-state index in [1.165, 1.54) is 0 Å². The summed E-state index contributed by atoms with van der Waals surface area (Å²) in [5, 5.41) is 10.5. The van der Waals surface area contributed by atoms with Crippen LogP contribution in [0.2, 0.25) is 0 Å². The van der Waals surface area contributed by atoms with E-state index in [1.807, 2.05) is 25.1 Å². The Hall–Kier alpha value is -2.13. The van der Waals surface area contributed by atoms with E-state index in [2.05, 4.69) is 0 Å². The number of Topliss-reactive ketones (excluding diaryl/α,β-unsaturated/α-hetero) is 1. The zero-order valence-corrected chi connectivity index (χ0v) is 12.3. The van der Waals surface area contributed by atoms with E-state index in [0.717, 1.165) is 11.3 Å². The summed E-state index contributed by atoms with van der Waals surface area (Å²) < 4.78 is 5.10. The van der Waals surface area contributed by atoms with E-state index >= 15 is 0 Å². The standard InChI is InChI=1S/C18H20O3/c1-3-16(17(19)13-7-5-4-6-8-13)18(20)14-9-11-15(21-2)12-10-14/h4-12,16,18,20H,3H2,1-2H3/t16-,18-/m0/s1. The Kier molecular flexibility index (Phi) is 5.12. The molecule has 0 bridgehead atoms. The fraction of sp³-hybridized carbons (Fsp3) is 0.278. The maximum Gasteiger partial charge on any atom is 0.168 e. The summed E-state index contributed by atoms with van der Waals surface area (Å²) in [6.07, 6.45) is -0.227. The number of ketones is 1. The van der Waals surface area contributed by atoms with Crippen molar-refractivity contribution in [1.82, 2.24) is 0 Å². The first-order valence-electron chi connectivity index (χ1n) is 7.08. The van der Waals surface area contributed by atoms with Gasteiger partial charge in [0, 0.05) is 5.56 Å². The molecule has 0 heterocycles. The number of carbonyl (C=O) groups is 1. The van der Waals surface area contributed by atoms with Crippen molar-refractivity contribution in [3.63, 3.8) is 0 Å². The molecule has 0 unspecified atom stereocenters. The minimum absolute atomic E-state index is 0.0265. The Bertz CT molecular complexity index is 575. The molecule has 2 rings (SSSR count). The van der Waals surface area contributed by atoms with E-state index in [-0.39, 0.29) is 5.78 Å². The largest absolute Gasteiger partial charge is 0.497 e. The summed E-state index contributed by atoms with van der Waals surface area (Å²) in [5.74, 6) is 0.260. The van der Waals surface area contributed by atoms with E-state index in [0.29, 0.717) is 12.0 Å². The van der Waals surface area contributed by atoms with Crippen LogP contribution in [0, 0.1) is 5.92 Å². The van der Waals surface area contributed by atoms with Crippen LogP contribution in [-0.4, -0.2) is 18.0 Å². The maximum absolute atomic E-state index is 12.5. The number of hydrogen-bond acceptors (Lipinski definition) is 3. The molecule has 0 fully saturated rings. The van der Waals surface area contributed by atoms with Gasteiger partial charge in [-0.05, 0) is 24.1 Å². The minimum atomic E-state index is -0.811. The average molecular weight is 284 g/mol. The van der Waals surface area contributed by atoms with Crippen LogP contribution in [0.3, 0.4) is 0 Å². The van der Waals surface area contributed by atoms with Crippen LogP contribution >= 0.6 is 0 Å². The van der Waals surface area contributed by atoms with E-state index in [4.69, 9.17) is 4.74 Å². The highest BCUT2D eigenvalue weighted by molar-refractivity contribution is 5.98. The van der Waals surface area contributed by atoms with Gasteiger partial charge in [0.15, 0.2) is 5.78 Å². The van der Waals surface area contributed by atoms with Crippen LogP contribution in [0.25, 0.3) is 0 Å². The third-order valence-electron chi connectivity index (χ3n) is 3.67. The smallest absolute Gasteiger partial charge is 0.168 e. The lowest BCUT2D eigenvalue weighted by Crippen LogP contribution is -2.22. The number of rotatable bonds is 6. The van der Waals surface area contributed by atoms with Crippen LogP contribution in [0.4, 0.5) is 0 Å². The Morgan fingerprint density at radius 2 is 1.71 bits per heavy atom. The lowest BCUT2D eigenvalue weighted by atomic mass is 9.87. The van der Waals surface area contributed by atoms with Crippen molar-refractivity contribution < 1.29 is 14.6 Å². The molecule has 0 amide bonds. The molecule has 2 aromatic carbocycles. The van der Waals surface area contributed by atoms with Gasteiger partial charge in [0.1, 0.15) is 5.75 Å². The van der Waals surface area contributed by atoms with Crippen LogP contribution in [0.1, 0.15) is 35.4 Å². The Morgan fingerprint density at radius 1 is 1.10 bits per heavy atom. The van der Waals surface area contributed by atoms with Crippen molar-refractivity contribution in [2.24, 2.45) is 5.92 Å². The van der Waals surface area contributed by atoms with Crippen molar-refractivity contribution >= 4 is 5.78 Å². The van der Waals surface area contributed by atoms with Gasteiger partial charge in [-0.3, -0.25) is 4.79 Å². The van der Waals surface area contributed by atoms with E-state index in [1.54, 1.807) is 43.5 Å². The predicted molar refractivity (Wildman–Crippen MR) is 82.5 cm³/mol. The van der Waals surface area contributed by atoms with Crippen molar-refractivity contribution in [3.05, 3.63) is 65.7 Å². The summed E-state index contributed by atoms with van der Waals surface area (Å²) in [6.45, 7) is 1.91. The first-order valence-corrected chi connectivity index (χ1v) is 7.08. The van der Waals surface area contributed by atoms with Gasteiger partial charge in [0.05, 0.1) is 19.1 Å². The first-order chi connectivity index (χ1) is 10.2. The second-order valence-electron chi connectivity index (χ2n) is 4.96. The normalized spacial score (nSPS) is 13.5. The second kappa shape index (κ2) is 7.04. The monoisotopic (exact) mass is 284 g/mol. The van der Waals surface area contributed by atoms with Gasteiger partial charge in [0.25, 0.3) is 0 Å². The maximum atomic E-state index is 12.5. The third kappa shape index (κ3) is 3.50. The van der Waals surface area contributed by atoms with Gasteiger partial charge in [0.2, 0.25) is 0 Å². The molecule has 0 saturated heterocycles. The number of aliphatic hydroxyl groups is 1. The molecule has 0 radical (unpaired) electrons. The van der Waals surface area contributed by atoms with Crippen molar-refractivity contribution in [2.75, 3.05) is 7.11 Å². The van der Waals surface area contributed by atoms with E-state index < -0.39 is 12.0 Å². The van der Waals surface area contributed by atoms with E-state index in [9.17, 15) is 9.90 Å². The fourth-order valence-electron chi connectivity index (χ4n) is 2.40.